The summed E-state index contributed by atoms with van der Waals surface area (Å²) < 4.78 is 18.1. The summed E-state index contributed by atoms with van der Waals surface area (Å²) in [5.74, 6) is -0.547. The van der Waals surface area contributed by atoms with Gasteiger partial charge < -0.3 is 4.74 Å². The largest absolute Gasteiger partial charge is 0.426 e. The summed E-state index contributed by atoms with van der Waals surface area (Å²) in [6, 6.07) is 10.1. The Hall–Kier alpha value is -1.90. The molecule has 2 rings (SSSR count). The van der Waals surface area contributed by atoms with Crippen molar-refractivity contribution in [2.75, 3.05) is 0 Å². The van der Waals surface area contributed by atoms with Crippen LogP contribution in [0.3, 0.4) is 0 Å². The molecule has 0 unspecified atom stereocenters. The van der Waals surface area contributed by atoms with Crippen LogP contribution in [0.5, 0.6) is 5.75 Å². The first-order chi connectivity index (χ1) is 6.83. The summed E-state index contributed by atoms with van der Waals surface area (Å²) in [5.41, 5.74) is 0. The van der Waals surface area contributed by atoms with Crippen molar-refractivity contribution in [2.45, 2.75) is 0 Å². The van der Waals surface area contributed by atoms with Crippen LogP contribution in [0.15, 0.2) is 36.4 Å². The van der Waals surface area contributed by atoms with Crippen LogP contribution in [0.2, 0.25) is 0 Å². The highest BCUT2D eigenvalue weighted by Gasteiger charge is 2.06. The second-order valence-corrected chi connectivity index (χ2v) is 2.81. The minimum absolute atomic E-state index is 0.0429. The van der Waals surface area contributed by atoms with Crippen molar-refractivity contribution in [3.05, 3.63) is 42.2 Å². The number of fused-ring (bicyclic) bond motifs is 1. The molecule has 0 aliphatic rings. The molecule has 14 heavy (non-hydrogen) atoms. The number of benzene rings is 2. The summed E-state index contributed by atoms with van der Waals surface area (Å²) in [5, 5.41) is 1.23. The smallest absolute Gasteiger partial charge is 0.298 e. The summed E-state index contributed by atoms with van der Waals surface area (Å²) >= 11 is 0. The first-order valence-electron chi connectivity index (χ1n) is 4.10. The van der Waals surface area contributed by atoms with Crippen LogP contribution in [-0.2, 0) is 4.79 Å². The van der Waals surface area contributed by atoms with E-state index in [1.54, 1.807) is 24.3 Å². The zero-order chi connectivity index (χ0) is 9.97. The van der Waals surface area contributed by atoms with E-state index >= 15 is 0 Å². The minimum atomic E-state index is -0.504. The Morgan fingerprint density at radius 1 is 1.14 bits per heavy atom. The fourth-order valence-electron chi connectivity index (χ4n) is 1.36. The monoisotopic (exact) mass is 190 g/mol. The lowest BCUT2D eigenvalue weighted by molar-refractivity contribution is -0.120. The highest BCUT2D eigenvalue weighted by molar-refractivity contribution is 5.84. The van der Waals surface area contributed by atoms with E-state index in [1.807, 2.05) is 6.07 Å². The van der Waals surface area contributed by atoms with Crippen LogP contribution in [0, 0.1) is 5.82 Å². The first-order valence-corrected chi connectivity index (χ1v) is 4.10. The van der Waals surface area contributed by atoms with E-state index in [2.05, 4.69) is 4.74 Å². The molecule has 0 bridgehead atoms. The Balaban J connectivity index is 2.68. The van der Waals surface area contributed by atoms with Gasteiger partial charge in [-0.3, -0.25) is 4.79 Å². The van der Waals surface area contributed by atoms with E-state index < -0.39 is 5.82 Å². The normalized spacial score (nSPS) is 10.1. The highest BCUT2D eigenvalue weighted by atomic mass is 19.1. The molecule has 0 N–H and O–H groups in total. The maximum absolute atomic E-state index is 13.6. The van der Waals surface area contributed by atoms with Crippen molar-refractivity contribution in [3.63, 3.8) is 0 Å². The molecule has 0 aliphatic carbocycles. The molecule has 0 saturated carbocycles. The van der Waals surface area contributed by atoms with E-state index in [9.17, 15) is 9.18 Å². The van der Waals surface area contributed by atoms with Gasteiger partial charge in [-0.15, -0.1) is 0 Å². The number of hydrogen-bond acceptors (Lipinski definition) is 2. The molecule has 2 aromatic carbocycles. The van der Waals surface area contributed by atoms with E-state index in [4.69, 9.17) is 0 Å². The van der Waals surface area contributed by atoms with Crippen LogP contribution in [0.25, 0.3) is 10.8 Å². The Labute approximate surface area is 79.9 Å². The molecule has 0 heterocycles. The fourth-order valence-corrected chi connectivity index (χ4v) is 1.36. The van der Waals surface area contributed by atoms with E-state index in [-0.39, 0.29) is 12.2 Å². The van der Waals surface area contributed by atoms with Crippen LogP contribution < -0.4 is 4.74 Å². The summed E-state index contributed by atoms with van der Waals surface area (Å²) in [7, 11) is 0. The van der Waals surface area contributed by atoms with Gasteiger partial charge in [0.1, 0.15) is 0 Å². The second kappa shape index (κ2) is 3.46. The SMILES string of the molecule is O=COc1ccc2ccccc2c1F. The molecule has 0 saturated heterocycles. The highest BCUT2D eigenvalue weighted by Crippen LogP contribution is 2.25. The number of carbonyl (C=O) groups is 1. The van der Waals surface area contributed by atoms with Gasteiger partial charge in [-0.1, -0.05) is 30.3 Å². The summed E-state index contributed by atoms with van der Waals surface area (Å²) in [4.78, 5) is 10.1. The zero-order valence-electron chi connectivity index (χ0n) is 7.24. The third-order valence-corrected chi connectivity index (χ3v) is 2.00. The molecule has 2 aromatic rings. The van der Waals surface area contributed by atoms with Gasteiger partial charge in [0, 0.05) is 5.39 Å². The predicted molar refractivity (Wildman–Crippen MR) is 50.6 cm³/mol. The lowest BCUT2D eigenvalue weighted by Crippen LogP contribution is -1.92. The quantitative estimate of drug-likeness (QED) is 0.680. The molecule has 2 nitrogen and oxygen atoms in total. The number of halogens is 1. The first kappa shape index (κ1) is 8.69. The van der Waals surface area contributed by atoms with Crippen molar-refractivity contribution in [3.8, 4) is 5.75 Å². The molecule has 0 fully saturated rings. The lowest BCUT2D eigenvalue weighted by atomic mass is 10.1. The average molecular weight is 190 g/mol. The molecule has 0 aromatic heterocycles. The van der Waals surface area contributed by atoms with Gasteiger partial charge in [0.25, 0.3) is 6.47 Å². The second-order valence-electron chi connectivity index (χ2n) is 2.81. The Bertz CT molecular complexity index is 480. The van der Waals surface area contributed by atoms with Gasteiger partial charge in [-0.05, 0) is 11.5 Å². The van der Waals surface area contributed by atoms with Crippen molar-refractivity contribution in [2.24, 2.45) is 0 Å². The Morgan fingerprint density at radius 2 is 1.93 bits per heavy atom. The van der Waals surface area contributed by atoms with Crippen LogP contribution in [0.1, 0.15) is 0 Å². The van der Waals surface area contributed by atoms with Gasteiger partial charge >= 0.3 is 0 Å². The number of rotatable bonds is 2. The topological polar surface area (TPSA) is 26.3 Å². The lowest BCUT2D eigenvalue weighted by Gasteiger charge is -2.03. The molecule has 0 spiro atoms. The fraction of sp³-hybridized carbons (Fsp3) is 0. The Morgan fingerprint density at radius 3 is 2.71 bits per heavy atom. The van der Waals surface area contributed by atoms with Gasteiger partial charge in [0.15, 0.2) is 11.6 Å². The van der Waals surface area contributed by atoms with Crippen molar-refractivity contribution in [1.29, 1.82) is 0 Å². The molecule has 0 radical (unpaired) electrons. The van der Waals surface area contributed by atoms with Gasteiger partial charge in [0.2, 0.25) is 0 Å². The third kappa shape index (κ3) is 1.33. The summed E-state index contributed by atoms with van der Waals surface area (Å²) in [6.07, 6.45) is 0. The molecule has 0 atom stereocenters. The standard InChI is InChI=1S/C11H7FO2/c12-11-9-4-2-1-3-8(9)5-6-10(11)14-7-13/h1-7H. The van der Waals surface area contributed by atoms with Crippen LogP contribution in [0.4, 0.5) is 4.39 Å². The van der Waals surface area contributed by atoms with E-state index in [0.29, 0.717) is 5.39 Å². The Kier molecular flexibility index (Phi) is 2.14. The van der Waals surface area contributed by atoms with Crippen LogP contribution >= 0.6 is 0 Å². The molecule has 0 amide bonds. The maximum atomic E-state index is 13.6. The van der Waals surface area contributed by atoms with Crippen molar-refractivity contribution in [1.82, 2.24) is 0 Å². The number of carbonyl (C=O) groups excluding carboxylic acids is 1. The number of ether oxygens (including phenoxy) is 1. The molecular weight excluding hydrogens is 183 g/mol. The molecule has 0 aliphatic heterocycles. The third-order valence-electron chi connectivity index (χ3n) is 2.00. The van der Waals surface area contributed by atoms with Gasteiger partial charge in [-0.2, -0.15) is 0 Å². The average Bonchev–Trinajstić information content (AvgIpc) is 2.23. The van der Waals surface area contributed by atoms with E-state index in [1.165, 1.54) is 6.07 Å². The van der Waals surface area contributed by atoms with Crippen LogP contribution in [-0.4, -0.2) is 6.47 Å². The summed E-state index contributed by atoms with van der Waals surface area (Å²) in [6.45, 7) is 0.215. The molecule has 70 valence electrons. The maximum Gasteiger partial charge on any atom is 0.298 e. The van der Waals surface area contributed by atoms with Crippen molar-refractivity contribution < 1.29 is 13.9 Å². The predicted octanol–water partition coefficient (Wildman–Crippen LogP) is 2.51. The minimum Gasteiger partial charge on any atom is -0.426 e. The number of hydrogen-bond donors (Lipinski definition) is 0. The molecular formula is C11H7FO2. The zero-order valence-corrected chi connectivity index (χ0v) is 7.24. The van der Waals surface area contributed by atoms with E-state index in [0.717, 1.165) is 5.39 Å². The van der Waals surface area contributed by atoms with Gasteiger partial charge in [-0.25, -0.2) is 4.39 Å². The van der Waals surface area contributed by atoms with Gasteiger partial charge in [0.05, 0.1) is 0 Å². The molecule has 3 heteroatoms. The van der Waals surface area contributed by atoms with Crippen molar-refractivity contribution >= 4 is 17.2 Å².